The smallest absolute Gasteiger partial charge is 0.420 e. The van der Waals surface area contributed by atoms with E-state index in [0.717, 1.165) is 16.0 Å². The highest BCUT2D eigenvalue weighted by molar-refractivity contribution is 6.35. The SMILES string of the molecule is [B]c1ccc2nc(-c3ccc(CN(C(=O)OC(C)(C)C)C(=O)OC(C)(C)C)cc3)c(-c3ccccc3)nc2c1O. The molecule has 3 aromatic carbocycles. The molecule has 0 saturated heterocycles. The first-order valence-corrected chi connectivity index (χ1v) is 12.9. The molecule has 0 unspecified atom stereocenters. The van der Waals surface area contributed by atoms with Crippen LogP contribution in [-0.4, -0.2) is 51.2 Å². The van der Waals surface area contributed by atoms with Gasteiger partial charge in [0.15, 0.2) is 0 Å². The molecule has 0 saturated carbocycles. The lowest BCUT2D eigenvalue weighted by Gasteiger charge is -2.28. The number of rotatable bonds is 4. The number of hydrogen-bond donors (Lipinski definition) is 1. The molecule has 204 valence electrons. The monoisotopic (exact) mass is 537 g/mol. The van der Waals surface area contributed by atoms with E-state index in [9.17, 15) is 14.7 Å². The van der Waals surface area contributed by atoms with Gasteiger partial charge in [0.05, 0.1) is 23.4 Å². The molecule has 1 aromatic heterocycles. The molecule has 1 heterocycles. The second-order valence-electron chi connectivity index (χ2n) is 11.4. The number of amides is 2. The lowest BCUT2D eigenvalue weighted by molar-refractivity contribution is -0.000251. The first-order valence-electron chi connectivity index (χ1n) is 12.9. The predicted molar refractivity (Wildman–Crippen MR) is 155 cm³/mol. The number of imide groups is 1. The molecule has 0 bridgehead atoms. The minimum Gasteiger partial charge on any atom is -0.506 e. The standard InChI is InChI=1S/C31H32BN3O5/c1-30(2,3)39-28(37)35(29(38)40-31(4,5)6)18-19-12-14-21(15-13-19)24-25(20-10-8-7-9-11-20)34-26-23(33-24)17-16-22(32)27(26)36/h7-17,36H,18H2,1-6H3. The van der Waals surface area contributed by atoms with Gasteiger partial charge in [0.25, 0.3) is 0 Å². The van der Waals surface area contributed by atoms with Crippen LogP contribution in [0.25, 0.3) is 33.5 Å². The van der Waals surface area contributed by atoms with E-state index < -0.39 is 23.4 Å². The Morgan fingerprint density at radius 3 is 1.85 bits per heavy atom. The van der Waals surface area contributed by atoms with E-state index in [1.807, 2.05) is 42.5 Å². The molecule has 2 radical (unpaired) electrons. The van der Waals surface area contributed by atoms with Crippen LogP contribution < -0.4 is 5.46 Å². The highest BCUT2D eigenvalue weighted by atomic mass is 16.6. The molecule has 0 atom stereocenters. The Hall–Kier alpha value is -4.40. The van der Waals surface area contributed by atoms with Gasteiger partial charge in [0.1, 0.15) is 30.3 Å². The Kier molecular flexibility index (Phi) is 7.87. The van der Waals surface area contributed by atoms with Crippen molar-refractivity contribution in [2.45, 2.75) is 59.3 Å². The van der Waals surface area contributed by atoms with Gasteiger partial charge in [0, 0.05) is 11.1 Å². The number of phenols is 1. The van der Waals surface area contributed by atoms with Crippen molar-refractivity contribution in [1.29, 1.82) is 0 Å². The summed E-state index contributed by atoms with van der Waals surface area (Å²) in [6.45, 7) is 10.3. The summed E-state index contributed by atoms with van der Waals surface area (Å²) in [4.78, 5) is 36.3. The van der Waals surface area contributed by atoms with Crippen LogP contribution in [0.15, 0.2) is 66.7 Å². The number of ether oxygens (including phenoxy) is 2. The summed E-state index contributed by atoms with van der Waals surface area (Å²) in [5.74, 6) is -0.117. The predicted octanol–water partition coefficient (Wildman–Crippen LogP) is 6.14. The third-order valence-corrected chi connectivity index (χ3v) is 5.68. The second kappa shape index (κ2) is 11.0. The van der Waals surface area contributed by atoms with Crippen LogP contribution in [0.5, 0.6) is 5.75 Å². The molecule has 0 fully saturated rings. The number of phenolic OH excluding ortho intramolecular Hbond substituents is 1. The number of fused-ring (bicyclic) bond motifs is 1. The molecular weight excluding hydrogens is 505 g/mol. The summed E-state index contributed by atoms with van der Waals surface area (Å²) in [5.41, 5.74) is 2.88. The zero-order valence-corrected chi connectivity index (χ0v) is 23.6. The third kappa shape index (κ3) is 6.78. The molecular formula is C31H32BN3O5. The van der Waals surface area contributed by atoms with Gasteiger partial charge in [-0.1, -0.05) is 66.1 Å². The molecule has 9 heteroatoms. The fourth-order valence-electron chi connectivity index (χ4n) is 3.91. The van der Waals surface area contributed by atoms with Gasteiger partial charge in [0.2, 0.25) is 0 Å². The van der Waals surface area contributed by atoms with E-state index in [2.05, 4.69) is 0 Å². The molecule has 0 aliphatic rings. The Balaban J connectivity index is 1.72. The van der Waals surface area contributed by atoms with Gasteiger partial charge >= 0.3 is 12.2 Å². The van der Waals surface area contributed by atoms with Crippen LogP contribution in [0.1, 0.15) is 47.1 Å². The molecule has 1 N–H and O–H groups in total. The molecule has 8 nitrogen and oxygen atoms in total. The summed E-state index contributed by atoms with van der Waals surface area (Å²) < 4.78 is 10.9. The lowest BCUT2D eigenvalue weighted by atomic mass is 9.94. The molecule has 4 aromatic rings. The number of benzene rings is 3. The number of carbonyl (C=O) groups is 2. The van der Waals surface area contributed by atoms with Crippen LogP contribution in [0.3, 0.4) is 0 Å². The first-order chi connectivity index (χ1) is 18.7. The van der Waals surface area contributed by atoms with Crippen molar-refractivity contribution in [3.63, 3.8) is 0 Å². The molecule has 0 aliphatic carbocycles. The van der Waals surface area contributed by atoms with Crippen molar-refractivity contribution in [3.8, 4) is 28.3 Å². The normalized spacial score (nSPS) is 11.8. The van der Waals surface area contributed by atoms with Gasteiger partial charge in [-0.05, 0) is 53.2 Å². The van der Waals surface area contributed by atoms with Crippen molar-refractivity contribution in [1.82, 2.24) is 14.9 Å². The largest absolute Gasteiger partial charge is 0.506 e. The number of aromatic hydroxyl groups is 1. The van der Waals surface area contributed by atoms with Crippen LogP contribution >= 0.6 is 0 Å². The summed E-state index contributed by atoms with van der Waals surface area (Å²) in [7, 11) is 5.90. The molecule has 0 spiro atoms. The van der Waals surface area contributed by atoms with E-state index in [0.29, 0.717) is 28.0 Å². The van der Waals surface area contributed by atoms with Crippen molar-refractivity contribution in [2.75, 3.05) is 0 Å². The summed E-state index contributed by atoms with van der Waals surface area (Å²) in [6, 6.07) is 20.1. The minimum absolute atomic E-state index is 0.0494. The Morgan fingerprint density at radius 2 is 1.30 bits per heavy atom. The second-order valence-corrected chi connectivity index (χ2v) is 11.4. The Labute approximate surface area is 235 Å². The number of aromatic nitrogens is 2. The fourth-order valence-corrected chi connectivity index (χ4v) is 3.91. The van der Waals surface area contributed by atoms with Gasteiger partial charge < -0.3 is 14.6 Å². The number of hydrogen-bond acceptors (Lipinski definition) is 7. The maximum Gasteiger partial charge on any atom is 0.420 e. The van der Waals surface area contributed by atoms with E-state index in [-0.39, 0.29) is 17.8 Å². The van der Waals surface area contributed by atoms with E-state index in [1.165, 1.54) is 0 Å². The average molecular weight is 537 g/mol. The average Bonchev–Trinajstić information content (AvgIpc) is 2.87. The van der Waals surface area contributed by atoms with Crippen molar-refractivity contribution in [2.24, 2.45) is 0 Å². The van der Waals surface area contributed by atoms with Gasteiger partial charge in [-0.15, -0.1) is 0 Å². The van der Waals surface area contributed by atoms with Crippen molar-refractivity contribution in [3.05, 3.63) is 72.3 Å². The lowest BCUT2D eigenvalue weighted by Crippen LogP contribution is -2.43. The zero-order valence-electron chi connectivity index (χ0n) is 23.6. The summed E-state index contributed by atoms with van der Waals surface area (Å²) in [5, 5.41) is 10.5. The van der Waals surface area contributed by atoms with Crippen molar-refractivity contribution >= 4 is 36.5 Å². The van der Waals surface area contributed by atoms with Crippen LogP contribution in [0, 0.1) is 0 Å². The van der Waals surface area contributed by atoms with Crippen molar-refractivity contribution < 1.29 is 24.2 Å². The summed E-state index contributed by atoms with van der Waals surface area (Å²) in [6.07, 6.45) is -1.59. The highest BCUT2D eigenvalue weighted by Gasteiger charge is 2.31. The molecule has 4 rings (SSSR count). The van der Waals surface area contributed by atoms with Gasteiger partial charge in [-0.3, -0.25) is 0 Å². The van der Waals surface area contributed by atoms with Crippen LogP contribution in [-0.2, 0) is 16.0 Å². The molecule has 0 aliphatic heterocycles. The third-order valence-electron chi connectivity index (χ3n) is 5.68. The maximum absolute atomic E-state index is 12.9. The topological polar surface area (TPSA) is 102 Å². The van der Waals surface area contributed by atoms with Crippen LogP contribution in [0.4, 0.5) is 9.59 Å². The maximum atomic E-state index is 12.9. The number of nitrogens with zero attached hydrogens (tertiary/aromatic N) is 3. The molecule has 2 amide bonds. The highest BCUT2D eigenvalue weighted by Crippen LogP contribution is 2.33. The van der Waals surface area contributed by atoms with Crippen LogP contribution in [0.2, 0.25) is 0 Å². The van der Waals surface area contributed by atoms with E-state index in [1.54, 1.807) is 65.8 Å². The fraction of sp³-hybridized carbons (Fsp3) is 0.290. The van der Waals surface area contributed by atoms with E-state index >= 15 is 0 Å². The van der Waals surface area contributed by atoms with Gasteiger partial charge in [-0.25, -0.2) is 24.5 Å². The zero-order chi connectivity index (χ0) is 29.2. The number of carbonyl (C=O) groups excluding carboxylic acids is 2. The quantitative estimate of drug-likeness (QED) is 0.312. The molecule has 40 heavy (non-hydrogen) atoms. The Bertz CT molecular complexity index is 1510. The Morgan fingerprint density at radius 1 is 0.775 bits per heavy atom. The summed E-state index contributed by atoms with van der Waals surface area (Å²) >= 11 is 0. The van der Waals surface area contributed by atoms with E-state index in [4.69, 9.17) is 27.3 Å². The van der Waals surface area contributed by atoms with Gasteiger partial charge in [-0.2, -0.15) is 0 Å². The first kappa shape index (κ1) is 28.6. The minimum atomic E-state index is -0.795.